The van der Waals surface area contributed by atoms with E-state index in [1.54, 1.807) is 0 Å². The van der Waals surface area contributed by atoms with E-state index in [0.717, 1.165) is 11.8 Å². The number of rotatable bonds is 6. The Labute approximate surface area is 109 Å². The molecule has 96 valence electrons. The Morgan fingerprint density at radius 1 is 1.50 bits per heavy atom. The SMILES string of the molecule is CCSCCC(CN)N1CCSC(C)C1C. The van der Waals surface area contributed by atoms with Crippen molar-refractivity contribution < 1.29 is 0 Å². The van der Waals surface area contributed by atoms with Crippen molar-refractivity contribution in [1.29, 1.82) is 0 Å². The van der Waals surface area contributed by atoms with Crippen molar-refractivity contribution in [3.8, 4) is 0 Å². The second-order valence-electron chi connectivity index (χ2n) is 4.43. The summed E-state index contributed by atoms with van der Waals surface area (Å²) in [4.78, 5) is 2.64. The lowest BCUT2D eigenvalue weighted by Gasteiger charge is -2.42. The van der Waals surface area contributed by atoms with Gasteiger partial charge in [0.2, 0.25) is 0 Å². The van der Waals surface area contributed by atoms with Gasteiger partial charge in [-0.1, -0.05) is 13.8 Å². The molecule has 0 aromatic heterocycles. The van der Waals surface area contributed by atoms with Gasteiger partial charge in [-0.2, -0.15) is 23.5 Å². The van der Waals surface area contributed by atoms with E-state index in [-0.39, 0.29) is 0 Å². The van der Waals surface area contributed by atoms with Crippen LogP contribution in [0.15, 0.2) is 0 Å². The number of thioether (sulfide) groups is 2. The van der Waals surface area contributed by atoms with E-state index in [9.17, 15) is 0 Å². The Morgan fingerprint density at radius 3 is 2.88 bits per heavy atom. The molecule has 0 radical (unpaired) electrons. The Balaban J connectivity index is 2.43. The second kappa shape index (κ2) is 7.85. The molecular formula is C12H26N2S2. The number of nitrogens with two attached hydrogens (primary N) is 1. The third-order valence-electron chi connectivity index (χ3n) is 3.47. The first kappa shape index (κ1) is 14.7. The van der Waals surface area contributed by atoms with Crippen LogP contribution in [-0.2, 0) is 0 Å². The molecule has 3 atom stereocenters. The zero-order valence-electron chi connectivity index (χ0n) is 10.8. The summed E-state index contributed by atoms with van der Waals surface area (Å²) < 4.78 is 0. The minimum atomic E-state index is 0.595. The lowest BCUT2D eigenvalue weighted by atomic mass is 10.1. The molecule has 1 saturated heterocycles. The molecule has 1 rings (SSSR count). The van der Waals surface area contributed by atoms with Gasteiger partial charge in [0.05, 0.1) is 0 Å². The predicted octanol–water partition coefficient (Wildman–Crippen LogP) is 2.28. The molecule has 0 spiro atoms. The maximum absolute atomic E-state index is 5.94. The molecule has 0 aromatic rings. The maximum Gasteiger partial charge on any atom is 0.0229 e. The summed E-state index contributed by atoms with van der Waals surface area (Å²) in [6, 6.07) is 1.27. The second-order valence-corrected chi connectivity index (χ2v) is 7.31. The third-order valence-corrected chi connectivity index (χ3v) is 5.74. The maximum atomic E-state index is 5.94. The highest BCUT2D eigenvalue weighted by atomic mass is 32.2. The molecule has 1 heterocycles. The van der Waals surface area contributed by atoms with Crippen LogP contribution >= 0.6 is 23.5 Å². The Morgan fingerprint density at radius 2 is 2.25 bits per heavy atom. The number of hydrogen-bond acceptors (Lipinski definition) is 4. The van der Waals surface area contributed by atoms with Crippen molar-refractivity contribution in [3.63, 3.8) is 0 Å². The molecule has 1 aliphatic rings. The summed E-state index contributed by atoms with van der Waals surface area (Å²) in [5.41, 5.74) is 5.94. The van der Waals surface area contributed by atoms with Crippen LogP contribution in [0, 0.1) is 0 Å². The topological polar surface area (TPSA) is 29.3 Å². The molecule has 1 aliphatic heterocycles. The zero-order chi connectivity index (χ0) is 12.0. The molecular weight excluding hydrogens is 236 g/mol. The highest BCUT2D eigenvalue weighted by Gasteiger charge is 2.29. The summed E-state index contributed by atoms with van der Waals surface area (Å²) in [6.45, 7) is 8.95. The van der Waals surface area contributed by atoms with Crippen LogP contribution in [0.5, 0.6) is 0 Å². The molecule has 0 bridgehead atoms. The first-order valence-corrected chi connectivity index (χ1v) is 8.56. The molecule has 3 unspecified atom stereocenters. The predicted molar refractivity (Wildman–Crippen MR) is 78.5 cm³/mol. The summed E-state index contributed by atoms with van der Waals surface area (Å²) >= 11 is 4.13. The monoisotopic (exact) mass is 262 g/mol. The van der Waals surface area contributed by atoms with E-state index < -0.39 is 0 Å². The van der Waals surface area contributed by atoms with Gasteiger partial charge in [0.1, 0.15) is 0 Å². The highest BCUT2D eigenvalue weighted by Crippen LogP contribution is 2.26. The van der Waals surface area contributed by atoms with Gasteiger partial charge in [-0.25, -0.2) is 0 Å². The minimum absolute atomic E-state index is 0.595. The first-order valence-electron chi connectivity index (χ1n) is 6.35. The van der Waals surface area contributed by atoms with Crippen LogP contribution in [0.1, 0.15) is 27.2 Å². The average Bonchev–Trinajstić information content (AvgIpc) is 2.29. The lowest BCUT2D eigenvalue weighted by Crippen LogP contribution is -2.52. The van der Waals surface area contributed by atoms with Crippen LogP contribution in [0.3, 0.4) is 0 Å². The fraction of sp³-hybridized carbons (Fsp3) is 1.00. The molecule has 0 saturated carbocycles. The van der Waals surface area contributed by atoms with Gasteiger partial charge in [0.25, 0.3) is 0 Å². The van der Waals surface area contributed by atoms with E-state index in [2.05, 4.69) is 37.4 Å². The van der Waals surface area contributed by atoms with E-state index in [0.29, 0.717) is 12.1 Å². The van der Waals surface area contributed by atoms with Gasteiger partial charge in [-0.05, 0) is 24.9 Å². The van der Waals surface area contributed by atoms with Gasteiger partial charge in [0, 0.05) is 36.2 Å². The van der Waals surface area contributed by atoms with Crippen molar-refractivity contribution in [2.75, 3.05) is 30.3 Å². The summed E-state index contributed by atoms with van der Waals surface area (Å²) in [5, 5.41) is 0.752. The summed E-state index contributed by atoms with van der Waals surface area (Å²) in [5.74, 6) is 3.74. The standard InChI is InChI=1S/C12H26N2S2/c1-4-15-7-5-12(9-13)14-6-8-16-11(3)10(14)2/h10-12H,4-9,13H2,1-3H3. The van der Waals surface area contributed by atoms with Crippen molar-refractivity contribution in [2.24, 2.45) is 5.73 Å². The Bertz CT molecular complexity index is 190. The molecule has 4 heteroatoms. The van der Waals surface area contributed by atoms with E-state index in [4.69, 9.17) is 5.73 Å². The lowest BCUT2D eigenvalue weighted by molar-refractivity contribution is 0.147. The molecule has 0 aromatic carbocycles. The fourth-order valence-corrected chi connectivity index (χ4v) is 4.10. The van der Waals surface area contributed by atoms with E-state index in [1.165, 1.54) is 30.2 Å². The Hall–Kier alpha value is 0.620. The summed E-state index contributed by atoms with van der Waals surface area (Å²) in [6.07, 6.45) is 1.25. The fourth-order valence-electron chi connectivity index (χ4n) is 2.25. The normalized spacial score (nSPS) is 29.2. The summed E-state index contributed by atoms with van der Waals surface area (Å²) in [7, 11) is 0. The largest absolute Gasteiger partial charge is 0.329 e. The van der Waals surface area contributed by atoms with Gasteiger partial charge in [-0.15, -0.1) is 0 Å². The van der Waals surface area contributed by atoms with Crippen LogP contribution in [-0.4, -0.2) is 52.6 Å². The molecule has 1 fully saturated rings. The number of hydrogen-bond donors (Lipinski definition) is 1. The van der Waals surface area contributed by atoms with Gasteiger partial charge < -0.3 is 5.73 Å². The van der Waals surface area contributed by atoms with Crippen molar-refractivity contribution in [2.45, 2.75) is 44.5 Å². The van der Waals surface area contributed by atoms with Crippen molar-refractivity contribution in [3.05, 3.63) is 0 Å². The van der Waals surface area contributed by atoms with Gasteiger partial charge in [-0.3, -0.25) is 4.90 Å². The highest BCUT2D eigenvalue weighted by molar-refractivity contribution is 8.00. The van der Waals surface area contributed by atoms with Gasteiger partial charge in [0.15, 0.2) is 0 Å². The molecule has 0 aliphatic carbocycles. The molecule has 0 amide bonds. The van der Waals surface area contributed by atoms with Gasteiger partial charge >= 0.3 is 0 Å². The number of nitrogens with zero attached hydrogens (tertiary/aromatic N) is 1. The minimum Gasteiger partial charge on any atom is -0.329 e. The smallest absolute Gasteiger partial charge is 0.0229 e. The third kappa shape index (κ3) is 4.13. The molecule has 16 heavy (non-hydrogen) atoms. The Kier molecular flexibility index (Phi) is 7.20. The van der Waals surface area contributed by atoms with Crippen molar-refractivity contribution in [1.82, 2.24) is 4.90 Å². The van der Waals surface area contributed by atoms with Crippen LogP contribution < -0.4 is 5.73 Å². The van der Waals surface area contributed by atoms with Crippen LogP contribution in [0.4, 0.5) is 0 Å². The molecule has 2 nitrogen and oxygen atoms in total. The van der Waals surface area contributed by atoms with E-state index >= 15 is 0 Å². The van der Waals surface area contributed by atoms with Crippen LogP contribution in [0.25, 0.3) is 0 Å². The first-order chi connectivity index (χ1) is 7.70. The van der Waals surface area contributed by atoms with E-state index in [1.807, 2.05) is 11.8 Å². The zero-order valence-corrected chi connectivity index (χ0v) is 12.4. The van der Waals surface area contributed by atoms with Crippen LogP contribution in [0.2, 0.25) is 0 Å². The average molecular weight is 262 g/mol. The molecule has 2 N–H and O–H groups in total. The quantitative estimate of drug-likeness (QED) is 0.744. The van der Waals surface area contributed by atoms with Crippen molar-refractivity contribution >= 4 is 23.5 Å².